The summed E-state index contributed by atoms with van der Waals surface area (Å²) in [6, 6.07) is 7.40. The molecule has 114 valence electrons. The van der Waals surface area contributed by atoms with Crippen LogP contribution in [0.4, 0.5) is 5.69 Å². The lowest BCUT2D eigenvalue weighted by Gasteiger charge is -2.32. The fourth-order valence-electron chi connectivity index (χ4n) is 2.49. The standard InChI is InChI=1S/C16H22N2O3/c1-4-7-11(2)17-15(19)10-18-13-8-5-6-9-14(13)21-12(3)16(18)20/h5-6,8-9,11-12H,4,7,10H2,1-3H3,(H,17,19)/t11-,12+/m0/s1. The number of hydrogen-bond acceptors (Lipinski definition) is 3. The zero-order valence-electron chi connectivity index (χ0n) is 12.8. The number of carbonyl (C=O) groups excluding carboxylic acids is 2. The molecular formula is C16H22N2O3. The van der Waals surface area contributed by atoms with Crippen molar-refractivity contribution in [1.29, 1.82) is 0 Å². The highest BCUT2D eigenvalue weighted by Gasteiger charge is 2.32. The van der Waals surface area contributed by atoms with Crippen LogP contribution in [0.3, 0.4) is 0 Å². The van der Waals surface area contributed by atoms with E-state index in [0.29, 0.717) is 11.4 Å². The first kappa shape index (κ1) is 15.4. The summed E-state index contributed by atoms with van der Waals surface area (Å²) >= 11 is 0. The normalized spacial score (nSPS) is 18.7. The molecule has 0 aliphatic carbocycles. The van der Waals surface area contributed by atoms with Crippen molar-refractivity contribution < 1.29 is 14.3 Å². The van der Waals surface area contributed by atoms with Gasteiger partial charge in [-0.2, -0.15) is 0 Å². The second-order valence-corrected chi connectivity index (χ2v) is 5.41. The SMILES string of the molecule is CCC[C@H](C)NC(=O)CN1C(=O)[C@@H](C)Oc2ccccc21. The number of anilines is 1. The van der Waals surface area contributed by atoms with Gasteiger partial charge in [0.05, 0.1) is 5.69 Å². The molecule has 1 N–H and O–H groups in total. The summed E-state index contributed by atoms with van der Waals surface area (Å²) in [5.74, 6) is 0.305. The molecule has 0 bridgehead atoms. The van der Waals surface area contributed by atoms with E-state index in [0.717, 1.165) is 12.8 Å². The van der Waals surface area contributed by atoms with Gasteiger partial charge in [0.25, 0.3) is 5.91 Å². The number of benzene rings is 1. The Hall–Kier alpha value is -2.04. The third kappa shape index (κ3) is 3.54. The molecule has 0 spiro atoms. The average molecular weight is 290 g/mol. The van der Waals surface area contributed by atoms with E-state index in [2.05, 4.69) is 12.2 Å². The molecular weight excluding hydrogens is 268 g/mol. The van der Waals surface area contributed by atoms with Gasteiger partial charge >= 0.3 is 0 Å². The maximum absolute atomic E-state index is 12.3. The van der Waals surface area contributed by atoms with Crippen molar-refractivity contribution >= 4 is 17.5 Å². The molecule has 1 heterocycles. The lowest BCUT2D eigenvalue weighted by atomic mass is 10.1. The number of hydrogen-bond donors (Lipinski definition) is 1. The maximum atomic E-state index is 12.3. The van der Waals surface area contributed by atoms with E-state index < -0.39 is 6.10 Å². The molecule has 0 saturated carbocycles. The maximum Gasteiger partial charge on any atom is 0.268 e. The molecule has 0 fully saturated rings. The fraction of sp³-hybridized carbons (Fsp3) is 0.500. The van der Waals surface area contributed by atoms with Crippen molar-refractivity contribution in [1.82, 2.24) is 5.32 Å². The van der Waals surface area contributed by atoms with E-state index in [4.69, 9.17) is 4.74 Å². The van der Waals surface area contributed by atoms with Crippen LogP contribution in [0, 0.1) is 0 Å². The van der Waals surface area contributed by atoms with Crippen LogP contribution in [0.2, 0.25) is 0 Å². The third-order valence-electron chi connectivity index (χ3n) is 3.50. The number of amides is 2. The number of nitrogens with one attached hydrogen (secondary N) is 1. The van der Waals surface area contributed by atoms with E-state index in [9.17, 15) is 9.59 Å². The molecule has 0 unspecified atom stereocenters. The molecule has 0 radical (unpaired) electrons. The van der Waals surface area contributed by atoms with Crippen LogP contribution in [0.5, 0.6) is 5.75 Å². The van der Waals surface area contributed by atoms with E-state index in [1.165, 1.54) is 4.90 Å². The average Bonchev–Trinajstić information content (AvgIpc) is 2.44. The number of ether oxygens (including phenoxy) is 1. The summed E-state index contributed by atoms with van der Waals surface area (Å²) in [5.41, 5.74) is 0.652. The van der Waals surface area contributed by atoms with E-state index in [1.807, 2.05) is 25.1 Å². The minimum atomic E-state index is -0.569. The van der Waals surface area contributed by atoms with Gasteiger partial charge in [0, 0.05) is 6.04 Å². The van der Waals surface area contributed by atoms with Gasteiger partial charge in [0.1, 0.15) is 12.3 Å². The summed E-state index contributed by atoms with van der Waals surface area (Å²) in [6.45, 7) is 5.77. The molecule has 0 saturated heterocycles. The predicted octanol–water partition coefficient (Wildman–Crippen LogP) is 2.11. The molecule has 0 aromatic heterocycles. The first-order valence-electron chi connectivity index (χ1n) is 7.39. The van der Waals surface area contributed by atoms with E-state index >= 15 is 0 Å². The summed E-state index contributed by atoms with van der Waals surface area (Å²) in [4.78, 5) is 25.9. The van der Waals surface area contributed by atoms with Crippen molar-refractivity contribution in [2.75, 3.05) is 11.4 Å². The largest absolute Gasteiger partial charge is 0.479 e. The van der Waals surface area contributed by atoms with E-state index in [-0.39, 0.29) is 24.4 Å². The highest BCUT2D eigenvalue weighted by Crippen LogP contribution is 2.33. The number of rotatable bonds is 5. The topological polar surface area (TPSA) is 58.6 Å². The van der Waals surface area contributed by atoms with Crippen LogP contribution < -0.4 is 15.0 Å². The number of para-hydroxylation sites is 2. The van der Waals surface area contributed by atoms with Crippen molar-refractivity contribution in [2.24, 2.45) is 0 Å². The zero-order valence-corrected chi connectivity index (χ0v) is 12.8. The summed E-state index contributed by atoms with van der Waals surface area (Å²) in [5, 5.41) is 2.92. The Bertz CT molecular complexity index is 530. The van der Waals surface area contributed by atoms with Gasteiger partial charge in [-0.05, 0) is 32.4 Å². The Labute approximate surface area is 125 Å². The summed E-state index contributed by atoms with van der Waals surface area (Å²) in [7, 11) is 0. The van der Waals surface area contributed by atoms with E-state index in [1.54, 1.807) is 13.0 Å². The van der Waals surface area contributed by atoms with Crippen molar-refractivity contribution in [3.05, 3.63) is 24.3 Å². The van der Waals surface area contributed by atoms with Crippen LogP contribution in [-0.2, 0) is 9.59 Å². The first-order valence-corrected chi connectivity index (χ1v) is 7.39. The van der Waals surface area contributed by atoms with Crippen LogP contribution in [0.1, 0.15) is 33.6 Å². The summed E-state index contributed by atoms with van der Waals surface area (Å²) in [6.07, 6.45) is 1.37. The van der Waals surface area contributed by atoms with Crippen LogP contribution in [-0.4, -0.2) is 30.5 Å². The van der Waals surface area contributed by atoms with Gasteiger partial charge < -0.3 is 10.1 Å². The Morgan fingerprint density at radius 1 is 1.43 bits per heavy atom. The minimum Gasteiger partial charge on any atom is -0.479 e. The number of carbonyl (C=O) groups is 2. The van der Waals surface area contributed by atoms with Crippen LogP contribution in [0.25, 0.3) is 0 Å². The Kier molecular flexibility index (Phi) is 4.83. The highest BCUT2D eigenvalue weighted by molar-refractivity contribution is 6.03. The van der Waals surface area contributed by atoms with Gasteiger partial charge in [0.2, 0.25) is 5.91 Å². The predicted molar refractivity (Wildman–Crippen MR) is 81.4 cm³/mol. The van der Waals surface area contributed by atoms with Gasteiger partial charge in [-0.3, -0.25) is 14.5 Å². The molecule has 5 nitrogen and oxygen atoms in total. The van der Waals surface area contributed by atoms with Gasteiger partial charge in [0.15, 0.2) is 6.10 Å². The third-order valence-corrected chi connectivity index (χ3v) is 3.50. The molecule has 1 aliphatic rings. The van der Waals surface area contributed by atoms with Gasteiger partial charge in [-0.15, -0.1) is 0 Å². The van der Waals surface area contributed by atoms with Gasteiger partial charge in [-0.25, -0.2) is 0 Å². The first-order chi connectivity index (χ1) is 10.0. The number of fused-ring (bicyclic) bond motifs is 1. The Morgan fingerprint density at radius 2 is 2.14 bits per heavy atom. The van der Waals surface area contributed by atoms with Crippen LogP contribution >= 0.6 is 0 Å². The van der Waals surface area contributed by atoms with Gasteiger partial charge in [-0.1, -0.05) is 25.5 Å². The molecule has 2 rings (SSSR count). The molecule has 21 heavy (non-hydrogen) atoms. The second kappa shape index (κ2) is 6.61. The molecule has 2 amide bonds. The monoisotopic (exact) mass is 290 g/mol. The smallest absolute Gasteiger partial charge is 0.268 e. The van der Waals surface area contributed by atoms with Crippen molar-refractivity contribution in [3.63, 3.8) is 0 Å². The van der Waals surface area contributed by atoms with Crippen molar-refractivity contribution in [2.45, 2.75) is 45.8 Å². The fourth-order valence-corrected chi connectivity index (χ4v) is 2.49. The quantitative estimate of drug-likeness (QED) is 0.903. The lowest BCUT2D eigenvalue weighted by Crippen LogP contribution is -2.49. The lowest BCUT2D eigenvalue weighted by molar-refractivity contribution is -0.128. The summed E-state index contributed by atoms with van der Waals surface area (Å²) < 4.78 is 5.55. The Balaban J connectivity index is 2.11. The molecule has 1 aromatic rings. The molecule has 1 aliphatic heterocycles. The number of nitrogens with zero attached hydrogens (tertiary/aromatic N) is 1. The molecule has 2 atom stereocenters. The van der Waals surface area contributed by atoms with Crippen molar-refractivity contribution in [3.8, 4) is 5.75 Å². The Morgan fingerprint density at radius 3 is 2.86 bits per heavy atom. The molecule has 5 heteroatoms. The minimum absolute atomic E-state index is 0.0254. The van der Waals surface area contributed by atoms with Crippen LogP contribution in [0.15, 0.2) is 24.3 Å². The zero-order chi connectivity index (χ0) is 15.4. The second-order valence-electron chi connectivity index (χ2n) is 5.41. The highest BCUT2D eigenvalue weighted by atomic mass is 16.5. The molecule has 1 aromatic carbocycles.